The van der Waals surface area contributed by atoms with Gasteiger partial charge in [0.2, 0.25) is 0 Å². The van der Waals surface area contributed by atoms with Gasteiger partial charge in [0, 0.05) is 24.2 Å². The first-order valence-corrected chi connectivity index (χ1v) is 9.83. The number of carbonyl (C=O) groups excluding carboxylic acids is 1. The Balaban J connectivity index is 1.66. The largest absolute Gasteiger partial charge is 0.416 e. The molecule has 0 saturated carbocycles. The van der Waals surface area contributed by atoms with Gasteiger partial charge in [0.1, 0.15) is 6.33 Å². The van der Waals surface area contributed by atoms with Gasteiger partial charge in [0.15, 0.2) is 5.82 Å². The second kappa shape index (κ2) is 8.70. The van der Waals surface area contributed by atoms with Crippen LogP contribution in [0.5, 0.6) is 0 Å². The summed E-state index contributed by atoms with van der Waals surface area (Å²) in [4.78, 5) is 20.3. The SMILES string of the molecule is Cc1cc(-c2ncn(/C=C(/C(N)=O)c3ccc(-c4cccnc4)cc3)n2)cc(C(F)(F)F)c1. The number of amides is 1. The number of carbonyl (C=O) groups is 1. The van der Waals surface area contributed by atoms with Crippen LogP contribution in [-0.4, -0.2) is 25.7 Å². The van der Waals surface area contributed by atoms with Gasteiger partial charge in [-0.3, -0.25) is 9.78 Å². The third-order valence-corrected chi connectivity index (χ3v) is 4.89. The monoisotopic (exact) mass is 449 g/mol. The lowest BCUT2D eigenvalue weighted by Gasteiger charge is -2.09. The van der Waals surface area contributed by atoms with Crippen molar-refractivity contribution in [1.29, 1.82) is 0 Å². The molecule has 0 fully saturated rings. The predicted octanol–water partition coefficient (Wildman–Crippen LogP) is 4.82. The third-order valence-electron chi connectivity index (χ3n) is 4.89. The molecule has 2 aromatic carbocycles. The van der Waals surface area contributed by atoms with Crippen LogP contribution in [0.25, 0.3) is 34.3 Å². The number of primary amides is 1. The molecular weight excluding hydrogens is 431 g/mol. The van der Waals surface area contributed by atoms with Crippen molar-refractivity contribution in [1.82, 2.24) is 19.7 Å². The molecule has 6 nitrogen and oxygen atoms in total. The Kier molecular flexibility index (Phi) is 5.78. The average molecular weight is 449 g/mol. The van der Waals surface area contributed by atoms with Crippen LogP contribution in [0.2, 0.25) is 0 Å². The summed E-state index contributed by atoms with van der Waals surface area (Å²) >= 11 is 0. The topological polar surface area (TPSA) is 86.7 Å². The zero-order chi connectivity index (χ0) is 23.6. The second-order valence-corrected chi connectivity index (χ2v) is 7.36. The van der Waals surface area contributed by atoms with E-state index in [-0.39, 0.29) is 17.0 Å². The molecule has 2 heterocycles. The molecule has 0 radical (unpaired) electrons. The smallest absolute Gasteiger partial charge is 0.366 e. The van der Waals surface area contributed by atoms with Crippen molar-refractivity contribution in [3.05, 3.63) is 90.0 Å². The summed E-state index contributed by atoms with van der Waals surface area (Å²) in [5.41, 5.74) is 8.00. The zero-order valence-corrected chi connectivity index (χ0v) is 17.4. The summed E-state index contributed by atoms with van der Waals surface area (Å²) in [5.74, 6) is -0.590. The van der Waals surface area contributed by atoms with E-state index in [1.807, 2.05) is 24.3 Å². The number of nitrogens with zero attached hydrogens (tertiary/aromatic N) is 4. The standard InChI is InChI=1S/C24H18F3N5O/c1-15-9-19(11-20(10-15)24(25,26)27)23-30-14-32(31-23)13-21(22(28)33)17-6-4-16(5-7-17)18-3-2-8-29-12-18/h2-14H,1H3,(H2,28,33)/b21-13+. The number of nitrogens with two attached hydrogens (primary N) is 1. The molecule has 1 amide bonds. The molecule has 0 aliphatic carbocycles. The third kappa shape index (κ3) is 4.98. The summed E-state index contributed by atoms with van der Waals surface area (Å²) in [6.07, 6.45) is 1.62. The first kappa shape index (κ1) is 21.9. The molecule has 0 bridgehead atoms. The van der Waals surface area contributed by atoms with Crippen LogP contribution in [0, 0.1) is 6.92 Å². The fraction of sp³-hybridized carbons (Fsp3) is 0.0833. The number of rotatable bonds is 5. The molecule has 0 aliphatic heterocycles. The Morgan fingerprint density at radius 3 is 2.42 bits per heavy atom. The van der Waals surface area contributed by atoms with Gasteiger partial charge in [-0.25, -0.2) is 9.67 Å². The van der Waals surface area contributed by atoms with Crippen molar-refractivity contribution in [3.8, 4) is 22.5 Å². The van der Waals surface area contributed by atoms with E-state index in [1.54, 1.807) is 37.5 Å². The average Bonchev–Trinajstić information content (AvgIpc) is 3.26. The molecule has 166 valence electrons. The molecule has 0 saturated heterocycles. The van der Waals surface area contributed by atoms with E-state index in [0.29, 0.717) is 11.1 Å². The molecule has 2 aromatic heterocycles. The van der Waals surface area contributed by atoms with Gasteiger partial charge in [-0.15, -0.1) is 5.10 Å². The van der Waals surface area contributed by atoms with Gasteiger partial charge < -0.3 is 5.73 Å². The fourth-order valence-electron chi connectivity index (χ4n) is 3.33. The van der Waals surface area contributed by atoms with E-state index in [2.05, 4.69) is 15.1 Å². The highest BCUT2D eigenvalue weighted by Crippen LogP contribution is 2.32. The van der Waals surface area contributed by atoms with Gasteiger partial charge in [-0.1, -0.05) is 30.3 Å². The van der Waals surface area contributed by atoms with Gasteiger partial charge in [-0.2, -0.15) is 13.2 Å². The van der Waals surface area contributed by atoms with E-state index in [1.165, 1.54) is 17.2 Å². The van der Waals surface area contributed by atoms with Gasteiger partial charge >= 0.3 is 6.18 Å². The first-order chi connectivity index (χ1) is 15.7. The van der Waals surface area contributed by atoms with Crippen LogP contribution in [0.1, 0.15) is 16.7 Å². The molecule has 33 heavy (non-hydrogen) atoms. The number of aromatic nitrogens is 4. The lowest BCUT2D eigenvalue weighted by atomic mass is 10.0. The Labute approximate surface area is 187 Å². The first-order valence-electron chi connectivity index (χ1n) is 9.83. The Morgan fingerprint density at radius 1 is 1.03 bits per heavy atom. The maximum Gasteiger partial charge on any atom is 0.416 e. The van der Waals surface area contributed by atoms with Crippen LogP contribution in [-0.2, 0) is 11.0 Å². The Morgan fingerprint density at radius 2 is 1.79 bits per heavy atom. The molecular formula is C24H18F3N5O. The summed E-state index contributed by atoms with van der Waals surface area (Å²) < 4.78 is 40.7. The highest BCUT2D eigenvalue weighted by molar-refractivity contribution is 6.22. The number of pyridine rings is 1. The number of halogens is 3. The molecule has 4 aromatic rings. The zero-order valence-electron chi connectivity index (χ0n) is 17.4. The minimum atomic E-state index is -4.48. The van der Waals surface area contributed by atoms with Crippen molar-refractivity contribution in [2.24, 2.45) is 5.73 Å². The molecule has 0 atom stereocenters. The van der Waals surface area contributed by atoms with Crippen LogP contribution >= 0.6 is 0 Å². The van der Waals surface area contributed by atoms with E-state index in [9.17, 15) is 18.0 Å². The number of hydrogen-bond donors (Lipinski definition) is 1. The number of benzene rings is 2. The van der Waals surface area contributed by atoms with Crippen molar-refractivity contribution < 1.29 is 18.0 Å². The normalized spacial score (nSPS) is 12.1. The van der Waals surface area contributed by atoms with E-state index < -0.39 is 17.6 Å². The van der Waals surface area contributed by atoms with Crippen LogP contribution in [0.4, 0.5) is 13.2 Å². The summed E-state index contributed by atoms with van der Waals surface area (Å²) in [6.45, 7) is 1.57. The van der Waals surface area contributed by atoms with E-state index in [4.69, 9.17) is 5.73 Å². The highest BCUT2D eigenvalue weighted by atomic mass is 19.4. The Hall–Kier alpha value is -4.27. The predicted molar refractivity (Wildman–Crippen MR) is 118 cm³/mol. The van der Waals surface area contributed by atoms with Gasteiger partial charge in [0.05, 0.1) is 11.1 Å². The summed E-state index contributed by atoms with van der Waals surface area (Å²) in [7, 11) is 0. The molecule has 0 spiro atoms. The van der Waals surface area contributed by atoms with Crippen LogP contribution in [0.3, 0.4) is 0 Å². The van der Waals surface area contributed by atoms with Crippen molar-refractivity contribution in [2.45, 2.75) is 13.1 Å². The van der Waals surface area contributed by atoms with Crippen molar-refractivity contribution >= 4 is 17.7 Å². The van der Waals surface area contributed by atoms with Crippen LogP contribution < -0.4 is 5.73 Å². The second-order valence-electron chi connectivity index (χ2n) is 7.36. The number of alkyl halides is 3. The Bertz CT molecular complexity index is 1330. The molecule has 4 rings (SSSR count). The minimum Gasteiger partial charge on any atom is -0.366 e. The van der Waals surface area contributed by atoms with E-state index >= 15 is 0 Å². The lowest BCUT2D eigenvalue weighted by molar-refractivity contribution is -0.137. The summed E-state index contributed by atoms with van der Waals surface area (Å²) in [6, 6.07) is 14.5. The fourth-order valence-corrected chi connectivity index (χ4v) is 3.33. The molecule has 0 aliphatic rings. The minimum absolute atomic E-state index is 0.0937. The maximum atomic E-state index is 13.1. The van der Waals surface area contributed by atoms with Gasteiger partial charge in [0.25, 0.3) is 5.91 Å². The molecule has 2 N–H and O–H groups in total. The maximum absolute atomic E-state index is 13.1. The lowest BCUT2D eigenvalue weighted by Crippen LogP contribution is -2.13. The molecule has 0 unspecified atom stereocenters. The van der Waals surface area contributed by atoms with Gasteiger partial charge in [-0.05, 0) is 53.4 Å². The van der Waals surface area contributed by atoms with Crippen molar-refractivity contribution in [2.75, 3.05) is 0 Å². The van der Waals surface area contributed by atoms with Crippen LogP contribution in [0.15, 0.2) is 73.3 Å². The quantitative estimate of drug-likeness (QED) is 0.443. The number of aryl methyl sites for hydroxylation is 1. The van der Waals surface area contributed by atoms with E-state index in [0.717, 1.165) is 23.3 Å². The molecule has 9 heteroatoms. The van der Waals surface area contributed by atoms with Crippen molar-refractivity contribution in [3.63, 3.8) is 0 Å². The highest BCUT2D eigenvalue weighted by Gasteiger charge is 2.31. The number of hydrogen-bond acceptors (Lipinski definition) is 4. The summed E-state index contributed by atoms with van der Waals surface area (Å²) in [5, 5.41) is 4.20.